The van der Waals surface area contributed by atoms with Gasteiger partial charge in [-0.2, -0.15) is 0 Å². The van der Waals surface area contributed by atoms with Gasteiger partial charge in [0.25, 0.3) is 0 Å². The average molecular weight is 227 g/mol. The van der Waals surface area contributed by atoms with Gasteiger partial charge in [0.2, 0.25) is 0 Å². The summed E-state index contributed by atoms with van der Waals surface area (Å²) in [4.78, 5) is 0. The van der Waals surface area contributed by atoms with Crippen molar-refractivity contribution in [3.8, 4) is 0 Å². The molecule has 0 aromatic heterocycles. The zero-order valence-electron chi connectivity index (χ0n) is 11.3. The Labute approximate surface area is 101 Å². The molecular formula is C14H29NO. The van der Waals surface area contributed by atoms with Crippen molar-refractivity contribution in [2.75, 3.05) is 6.54 Å². The minimum atomic E-state index is -0.497. The summed E-state index contributed by atoms with van der Waals surface area (Å²) in [5, 5.41) is 13.8. The lowest BCUT2D eigenvalue weighted by molar-refractivity contribution is 0.0277. The van der Waals surface area contributed by atoms with E-state index >= 15 is 0 Å². The lowest BCUT2D eigenvalue weighted by Crippen LogP contribution is -2.45. The Kier molecular flexibility index (Phi) is 5.77. The lowest BCUT2D eigenvalue weighted by Gasteiger charge is -2.32. The second-order valence-electron chi connectivity index (χ2n) is 5.50. The van der Waals surface area contributed by atoms with Gasteiger partial charge in [0.1, 0.15) is 0 Å². The van der Waals surface area contributed by atoms with Crippen LogP contribution in [0.2, 0.25) is 0 Å². The van der Waals surface area contributed by atoms with E-state index in [0.717, 1.165) is 25.3 Å². The molecule has 0 aromatic carbocycles. The molecule has 0 bridgehead atoms. The van der Waals surface area contributed by atoms with Crippen LogP contribution in [0.15, 0.2) is 0 Å². The lowest BCUT2D eigenvalue weighted by atomic mass is 9.84. The Morgan fingerprint density at radius 1 is 1.19 bits per heavy atom. The Balaban J connectivity index is 2.30. The maximum atomic E-state index is 10.2. The van der Waals surface area contributed by atoms with E-state index in [9.17, 15) is 5.11 Å². The van der Waals surface area contributed by atoms with Crippen LogP contribution in [0, 0.1) is 5.92 Å². The topological polar surface area (TPSA) is 32.3 Å². The van der Waals surface area contributed by atoms with Crippen molar-refractivity contribution in [2.24, 2.45) is 5.92 Å². The summed E-state index contributed by atoms with van der Waals surface area (Å²) in [6.45, 7) is 7.16. The highest BCUT2D eigenvalue weighted by Crippen LogP contribution is 2.26. The smallest absolute Gasteiger partial charge is 0.0766 e. The van der Waals surface area contributed by atoms with Crippen LogP contribution in [-0.4, -0.2) is 23.3 Å². The highest BCUT2D eigenvalue weighted by molar-refractivity contribution is 4.82. The fourth-order valence-electron chi connectivity index (χ4n) is 2.65. The summed E-state index contributed by atoms with van der Waals surface area (Å²) in [5.41, 5.74) is -0.497. The predicted molar refractivity (Wildman–Crippen MR) is 69.6 cm³/mol. The van der Waals surface area contributed by atoms with Gasteiger partial charge in [0.05, 0.1) is 5.60 Å². The number of nitrogens with one attached hydrogen (secondary N) is 1. The SMILES string of the molecule is CCC(O)(CC)CN[C@H](C)C1CCCCC1. The van der Waals surface area contributed by atoms with Gasteiger partial charge in [-0.3, -0.25) is 0 Å². The molecule has 0 aliphatic heterocycles. The summed E-state index contributed by atoms with van der Waals surface area (Å²) in [6, 6.07) is 0.560. The van der Waals surface area contributed by atoms with E-state index in [1.165, 1.54) is 32.1 Å². The molecule has 0 heterocycles. The highest BCUT2D eigenvalue weighted by Gasteiger charge is 2.25. The van der Waals surface area contributed by atoms with Crippen LogP contribution in [0.25, 0.3) is 0 Å². The van der Waals surface area contributed by atoms with Crippen LogP contribution in [-0.2, 0) is 0 Å². The highest BCUT2D eigenvalue weighted by atomic mass is 16.3. The van der Waals surface area contributed by atoms with Gasteiger partial charge < -0.3 is 10.4 Å². The summed E-state index contributed by atoms with van der Waals surface area (Å²) in [7, 11) is 0. The molecule has 2 heteroatoms. The standard InChI is InChI=1S/C14H29NO/c1-4-14(16,5-2)11-15-12(3)13-9-7-6-8-10-13/h12-13,15-16H,4-11H2,1-3H3/t12-/m1/s1. The largest absolute Gasteiger partial charge is 0.389 e. The van der Waals surface area contributed by atoms with Crippen LogP contribution < -0.4 is 5.32 Å². The molecule has 1 fully saturated rings. The molecule has 96 valence electrons. The molecule has 0 aromatic rings. The van der Waals surface area contributed by atoms with Gasteiger partial charge in [-0.05, 0) is 38.5 Å². The fraction of sp³-hybridized carbons (Fsp3) is 1.00. The molecule has 1 aliphatic carbocycles. The molecule has 0 unspecified atom stereocenters. The predicted octanol–water partition coefficient (Wildman–Crippen LogP) is 3.10. The molecule has 0 spiro atoms. The van der Waals surface area contributed by atoms with Crippen molar-refractivity contribution >= 4 is 0 Å². The first-order chi connectivity index (χ1) is 7.61. The van der Waals surface area contributed by atoms with Crippen LogP contribution in [0.3, 0.4) is 0 Å². The van der Waals surface area contributed by atoms with Gasteiger partial charge in [-0.25, -0.2) is 0 Å². The number of hydrogen-bond acceptors (Lipinski definition) is 2. The molecule has 0 radical (unpaired) electrons. The van der Waals surface area contributed by atoms with E-state index in [0.29, 0.717) is 6.04 Å². The number of aliphatic hydroxyl groups is 1. The van der Waals surface area contributed by atoms with Gasteiger partial charge in [0, 0.05) is 12.6 Å². The van der Waals surface area contributed by atoms with Gasteiger partial charge in [-0.15, -0.1) is 0 Å². The van der Waals surface area contributed by atoms with Crippen molar-refractivity contribution in [3.63, 3.8) is 0 Å². The molecule has 1 saturated carbocycles. The average Bonchev–Trinajstić information content (AvgIpc) is 2.36. The second-order valence-corrected chi connectivity index (χ2v) is 5.50. The van der Waals surface area contributed by atoms with Crippen LogP contribution >= 0.6 is 0 Å². The molecular weight excluding hydrogens is 198 g/mol. The minimum absolute atomic E-state index is 0.497. The Hall–Kier alpha value is -0.0800. The van der Waals surface area contributed by atoms with Crippen LogP contribution in [0.4, 0.5) is 0 Å². The molecule has 2 nitrogen and oxygen atoms in total. The summed E-state index contributed by atoms with van der Waals surface area (Å²) >= 11 is 0. The van der Waals surface area contributed by atoms with Crippen molar-refractivity contribution in [2.45, 2.75) is 77.4 Å². The molecule has 1 aliphatic rings. The third-order valence-electron chi connectivity index (χ3n) is 4.43. The van der Waals surface area contributed by atoms with E-state index in [-0.39, 0.29) is 0 Å². The van der Waals surface area contributed by atoms with Crippen molar-refractivity contribution in [3.05, 3.63) is 0 Å². The third-order valence-corrected chi connectivity index (χ3v) is 4.43. The van der Waals surface area contributed by atoms with E-state index < -0.39 is 5.60 Å². The van der Waals surface area contributed by atoms with E-state index in [1.54, 1.807) is 0 Å². The maximum absolute atomic E-state index is 10.2. The first-order valence-electron chi connectivity index (χ1n) is 7.07. The monoisotopic (exact) mass is 227 g/mol. The van der Waals surface area contributed by atoms with Crippen molar-refractivity contribution in [1.82, 2.24) is 5.32 Å². The zero-order chi connectivity index (χ0) is 12.0. The van der Waals surface area contributed by atoms with Crippen molar-refractivity contribution < 1.29 is 5.11 Å². The van der Waals surface area contributed by atoms with E-state index in [1.807, 2.05) is 0 Å². The second kappa shape index (κ2) is 6.61. The fourth-order valence-corrected chi connectivity index (χ4v) is 2.65. The Morgan fingerprint density at radius 2 is 1.75 bits per heavy atom. The number of rotatable bonds is 6. The molecule has 0 saturated heterocycles. The minimum Gasteiger partial charge on any atom is -0.389 e. The Bertz CT molecular complexity index is 183. The zero-order valence-corrected chi connectivity index (χ0v) is 11.3. The molecule has 2 N–H and O–H groups in total. The summed E-state index contributed by atoms with van der Waals surface area (Å²) in [6.07, 6.45) is 8.61. The maximum Gasteiger partial charge on any atom is 0.0766 e. The quantitative estimate of drug-likeness (QED) is 0.731. The van der Waals surface area contributed by atoms with Gasteiger partial charge in [-0.1, -0.05) is 33.1 Å². The third kappa shape index (κ3) is 4.06. The van der Waals surface area contributed by atoms with Crippen molar-refractivity contribution in [1.29, 1.82) is 0 Å². The van der Waals surface area contributed by atoms with E-state index in [4.69, 9.17) is 0 Å². The van der Waals surface area contributed by atoms with E-state index in [2.05, 4.69) is 26.1 Å². The summed E-state index contributed by atoms with van der Waals surface area (Å²) < 4.78 is 0. The van der Waals surface area contributed by atoms with Crippen LogP contribution in [0.1, 0.15) is 65.7 Å². The van der Waals surface area contributed by atoms with Gasteiger partial charge >= 0.3 is 0 Å². The molecule has 1 rings (SSSR count). The summed E-state index contributed by atoms with van der Waals surface area (Å²) in [5.74, 6) is 0.826. The first-order valence-corrected chi connectivity index (χ1v) is 7.07. The van der Waals surface area contributed by atoms with Crippen LogP contribution in [0.5, 0.6) is 0 Å². The Morgan fingerprint density at radius 3 is 2.25 bits per heavy atom. The number of hydrogen-bond donors (Lipinski definition) is 2. The molecule has 0 amide bonds. The van der Waals surface area contributed by atoms with Gasteiger partial charge in [0.15, 0.2) is 0 Å². The normalized spacial score (nSPS) is 21.0. The molecule has 1 atom stereocenters. The first kappa shape index (κ1) is 14.0. The molecule has 16 heavy (non-hydrogen) atoms.